The van der Waals surface area contributed by atoms with Crippen LogP contribution in [0.25, 0.3) is 0 Å². The van der Waals surface area contributed by atoms with Crippen molar-refractivity contribution >= 4 is 0 Å². The SMILES string of the molecule is CCCNC1CCCC(N(C)C2CCCCC2)C1. The zero-order chi connectivity index (χ0) is 12.8. The molecule has 0 aliphatic heterocycles. The number of nitrogens with zero attached hydrogens (tertiary/aromatic N) is 1. The molecule has 2 fully saturated rings. The van der Waals surface area contributed by atoms with Crippen molar-refractivity contribution in [3.05, 3.63) is 0 Å². The Labute approximate surface area is 114 Å². The Balaban J connectivity index is 1.79. The van der Waals surface area contributed by atoms with E-state index in [-0.39, 0.29) is 0 Å². The molecule has 2 aliphatic rings. The summed E-state index contributed by atoms with van der Waals surface area (Å²) in [6, 6.07) is 2.51. The molecule has 0 saturated heterocycles. The summed E-state index contributed by atoms with van der Waals surface area (Å²) in [5, 5.41) is 3.73. The van der Waals surface area contributed by atoms with Gasteiger partial charge in [-0.2, -0.15) is 0 Å². The molecule has 1 N–H and O–H groups in total. The summed E-state index contributed by atoms with van der Waals surface area (Å²) in [6.07, 6.45) is 14.2. The van der Waals surface area contributed by atoms with Gasteiger partial charge in [0.15, 0.2) is 0 Å². The maximum absolute atomic E-state index is 3.73. The highest BCUT2D eigenvalue weighted by molar-refractivity contribution is 4.86. The first kappa shape index (κ1) is 14.3. The van der Waals surface area contributed by atoms with Crippen molar-refractivity contribution in [1.82, 2.24) is 10.2 Å². The van der Waals surface area contributed by atoms with Gasteiger partial charge < -0.3 is 10.2 Å². The van der Waals surface area contributed by atoms with Crippen molar-refractivity contribution in [1.29, 1.82) is 0 Å². The second kappa shape index (κ2) is 7.49. The van der Waals surface area contributed by atoms with Gasteiger partial charge in [-0.1, -0.05) is 32.6 Å². The number of nitrogens with one attached hydrogen (secondary N) is 1. The summed E-state index contributed by atoms with van der Waals surface area (Å²) in [5.74, 6) is 0. The largest absolute Gasteiger partial charge is 0.314 e. The van der Waals surface area contributed by atoms with Gasteiger partial charge in [-0.15, -0.1) is 0 Å². The Kier molecular flexibility index (Phi) is 5.97. The molecular weight excluding hydrogens is 220 g/mol. The molecule has 106 valence electrons. The summed E-state index contributed by atoms with van der Waals surface area (Å²) in [6.45, 7) is 3.46. The van der Waals surface area contributed by atoms with E-state index in [1.54, 1.807) is 0 Å². The second-order valence-corrected chi connectivity index (χ2v) is 6.43. The molecule has 2 atom stereocenters. The third-order valence-corrected chi connectivity index (χ3v) is 5.06. The fourth-order valence-corrected chi connectivity index (χ4v) is 3.85. The number of rotatable bonds is 5. The second-order valence-electron chi connectivity index (χ2n) is 6.43. The lowest BCUT2D eigenvalue weighted by Crippen LogP contribution is -2.47. The lowest BCUT2D eigenvalue weighted by atomic mass is 9.87. The van der Waals surface area contributed by atoms with Crippen LogP contribution in [0.2, 0.25) is 0 Å². The molecule has 2 unspecified atom stereocenters. The van der Waals surface area contributed by atoms with E-state index in [4.69, 9.17) is 0 Å². The first-order chi connectivity index (χ1) is 8.81. The first-order valence-corrected chi connectivity index (χ1v) is 8.26. The van der Waals surface area contributed by atoms with Crippen molar-refractivity contribution in [3.8, 4) is 0 Å². The van der Waals surface area contributed by atoms with E-state index < -0.39 is 0 Å². The summed E-state index contributed by atoms with van der Waals surface area (Å²) in [4.78, 5) is 2.74. The third-order valence-electron chi connectivity index (χ3n) is 5.06. The van der Waals surface area contributed by atoms with Gasteiger partial charge >= 0.3 is 0 Å². The van der Waals surface area contributed by atoms with Gasteiger partial charge in [-0.25, -0.2) is 0 Å². The summed E-state index contributed by atoms with van der Waals surface area (Å²) in [5.41, 5.74) is 0. The van der Waals surface area contributed by atoms with Crippen LogP contribution in [0.3, 0.4) is 0 Å². The molecule has 2 saturated carbocycles. The molecule has 0 bridgehead atoms. The van der Waals surface area contributed by atoms with Crippen molar-refractivity contribution < 1.29 is 0 Å². The van der Waals surface area contributed by atoms with Crippen LogP contribution < -0.4 is 5.32 Å². The minimum atomic E-state index is 0.787. The molecule has 0 aromatic carbocycles. The molecule has 0 aromatic rings. The first-order valence-electron chi connectivity index (χ1n) is 8.26. The Hall–Kier alpha value is -0.0800. The molecular formula is C16H32N2. The molecule has 2 heteroatoms. The van der Waals surface area contributed by atoms with Crippen LogP contribution in [0.5, 0.6) is 0 Å². The summed E-state index contributed by atoms with van der Waals surface area (Å²) < 4.78 is 0. The maximum atomic E-state index is 3.73. The molecule has 0 amide bonds. The molecule has 2 rings (SSSR count). The predicted octanol–water partition coefficient (Wildman–Crippen LogP) is 3.56. The average Bonchev–Trinajstić information content (AvgIpc) is 2.45. The van der Waals surface area contributed by atoms with E-state index in [2.05, 4.69) is 24.2 Å². The zero-order valence-electron chi connectivity index (χ0n) is 12.5. The van der Waals surface area contributed by atoms with Gasteiger partial charge in [0.05, 0.1) is 0 Å². The molecule has 2 nitrogen and oxygen atoms in total. The van der Waals surface area contributed by atoms with Crippen molar-refractivity contribution in [2.45, 2.75) is 89.3 Å². The predicted molar refractivity (Wildman–Crippen MR) is 79.0 cm³/mol. The molecule has 18 heavy (non-hydrogen) atoms. The monoisotopic (exact) mass is 252 g/mol. The van der Waals surface area contributed by atoms with Crippen LogP contribution >= 0.6 is 0 Å². The minimum Gasteiger partial charge on any atom is -0.314 e. The quantitative estimate of drug-likeness (QED) is 0.805. The van der Waals surface area contributed by atoms with Gasteiger partial charge in [-0.05, 0) is 52.1 Å². The van der Waals surface area contributed by atoms with Crippen LogP contribution in [0, 0.1) is 0 Å². The highest BCUT2D eigenvalue weighted by atomic mass is 15.2. The Morgan fingerprint density at radius 3 is 2.39 bits per heavy atom. The van der Waals surface area contributed by atoms with Gasteiger partial charge in [0.1, 0.15) is 0 Å². The van der Waals surface area contributed by atoms with Crippen molar-refractivity contribution in [2.75, 3.05) is 13.6 Å². The van der Waals surface area contributed by atoms with E-state index in [0.717, 1.165) is 18.1 Å². The van der Waals surface area contributed by atoms with Crippen LogP contribution in [-0.2, 0) is 0 Å². The average molecular weight is 252 g/mol. The van der Waals surface area contributed by atoms with E-state index in [0.29, 0.717) is 0 Å². The smallest absolute Gasteiger partial charge is 0.0110 e. The molecule has 2 aliphatic carbocycles. The minimum absolute atomic E-state index is 0.787. The summed E-state index contributed by atoms with van der Waals surface area (Å²) in [7, 11) is 2.39. The van der Waals surface area contributed by atoms with Crippen LogP contribution in [0.4, 0.5) is 0 Å². The molecule has 0 spiro atoms. The normalized spacial score (nSPS) is 30.8. The van der Waals surface area contributed by atoms with E-state index >= 15 is 0 Å². The van der Waals surface area contributed by atoms with Gasteiger partial charge in [0.25, 0.3) is 0 Å². The Bertz CT molecular complexity index is 223. The van der Waals surface area contributed by atoms with Gasteiger partial charge in [0.2, 0.25) is 0 Å². The van der Waals surface area contributed by atoms with E-state index in [1.165, 1.54) is 70.8 Å². The fraction of sp³-hybridized carbons (Fsp3) is 1.00. The maximum Gasteiger partial charge on any atom is 0.0110 e. The fourth-order valence-electron chi connectivity index (χ4n) is 3.85. The molecule has 0 heterocycles. The Morgan fingerprint density at radius 1 is 0.944 bits per heavy atom. The van der Waals surface area contributed by atoms with E-state index in [1.807, 2.05) is 0 Å². The van der Waals surface area contributed by atoms with Crippen LogP contribution in [0.1, 0.15) is 71.1 Å². The highest BCUT2D eigenvalue weighted by Crippen LogP contribution is 2.28. The Morgan fingerprint density at radius 2 is 1.67 bits per heavy atom. The molecule has 0 radical (unpaired) electrons. The van der Waals surface area contributed by atoms with E-state index in [9.17, 15) is 0 Å². The molecule has 0 aromatic heterocycles. The lowest BCUT2D eigenvalue weighted by molar-refractivity contribution is 0.0997. The van der Waals surface area contributed by atoms with Gasteiger partial charge in [-0.3, -0.25) is 0 Å². The van der Waals surface area contributed by atoms with Crippen molar-refractivity contribution in [3.63, 3.8) is 0 Å². The highest BCUT2D eigenvalue weighted by Gasteiger charge is 2.28. The number of hydrogen-bond acceptors (Lipinski definition) is 2. The standard InChI is InChI=1S/C16H32N2/c1-3-12-17-14-8-7-11-16(13-14)18(2)15-9-5-4-6-10-15/h14-17H,3-13H2,1-2H3. The topological polar surface area (TPSA) is 15.3 Å². The van der Waals surface area contributed by atoms with Crippen LogP contribution in [0.15, 0.2) is 0 Å². The van der Waals surface area contributed by atoms with Gasteiger partial charge in [0, 0.05) is 18.1 Å². The summed E-state index contributed by atoms with van der Waals surface area (Å²) >= 11 is 0. The van der Waals surface area contributed by atoms with Crippen molar-refractivity contribution in [2.24, 2.45) is 0 Å². The zero-order valence-corrected chi connectivity index (χ0v) is 12.5. The van der Waals surface area contributed by atoms with Crippen LogP contribution in [-0.4, -0.2) is 36.6 Å². The lowest BCUT2D eigenvalue weighted by Gasteiger charge is -2.41. The third kappa shape index (κ3) is 3.96. The number of hydrogen-bond donors (Lipinski definition) is 1.